The summed E-state index contributed by atoms with van der Waals surface area (Å²) in [6, 6.07) is 6.82. The highest BCUT2D eigenvalue weighted by molar-refractivity contribution is 8.01. The number of benzene rings is 1. The summed E-state index contributed by atoms with van der Waals surface area (Å²) in [6.07, 6.45) is 1.72. The summed E-state index contributed by atoms with van der Waals surface area (Å²) >= 11 is 2.99. The van der Waals surface area contributed by atoms with E-state index in [9.17, 15) is 4.39 Å². The van der Waals surface area contributed by atoms with E-state index < -0.39 is 0 Å². The van der Waals surface area contributed by atoms with E-state index in [-0.39, 0.29) is 11.1 Å². The Morgan fingerprint density at radius 1 is 1.44 bits per heavy atom. The van der Waals surface area contributed by atoms with Crippen molar-refractivity contribution in [1.82, 2.24) is 4.98 Å². The maximum atomic E-state index is 13.5. The van der Waals surface area contributed by atoms with Gasteiger partial charge in [-0.3, -0.25) is 0 Å². The molecule has 1 aromatic carbocycles. The molecule has 0 bridgehead atoms. The molecule has 84 valence electrons. The highest BCUT2D eigenvalue weighted by Crippen LogP contribution is 2.38. The first-order valence-electron chi connectivity index (χ1n) is 4.79. The third-order valence-electron chi connectivity index (χ3n) is 2.14. The second kappa shape index (κ2) is 4.84. The van der Waals surface area contributed by atoms with Gasteiger partial charge in [-0.2, -0.15) is 0 Å². The van der Waals surface area contributed by atoms with Gasteiger partial charge in [0.05, 0.1) is 10.4 Å². The summed E-state index contributed by atoms with van der Waals surface area (Å²) in [5.74, 6) is -0.167. The first-order chi connectivity index (χ1) is 7.66. The van der Waals surface area contributed by atoms with Crippen molar-refractivity contribution >= 4 is 28.2 Å². The molecule has 0 spiro atoms. The van der Waals surface area contributed by atoms with Crippen molar-refractivity contribution < 1.29 is 4.39 Å². The van der Waals surface area contributed by atoms with Crippen molar-refractivity contribution in [3.63, 3.8) is 0 Å². The van der Waals surface area contributed by atoms with Crippen LogP contribution in [0, 0.1) is 5.82 Å². The van der Waals surface area contributed by atoms with Gasteiger partial charge in [0.2, 0.25) is 0 Å². The van der Waals surface area contributed by atoms with Crippen LogP contribution in [0.4, 0.5) is 9.52 Å². The minimum Gasteiger partial charge on any atom is -0.375 e. The number of halogens is 1. The Kier molecular flexibility index (Phi) is 3.46. The molecule has 0 fully saturated rings. The molecule has 2 N–H and O–H groups in total. The van der Waals surface area contributed by atoms with E-state index in [1.54, 1.807) is 30.1 Å². The molecular weight excluding hydrogens is 243 g/mol. The summed E-state index contributed by atoms with van der Waals surface area (Å²) in [4.78, 5) is 3.97. The van der Waals surface area contributed by atoms with Gasteiger partial charge in [0, 0.05) is 10.8 Å². The molecule has 1 atom stereocenters. The van der Waals surface area contributed by atoms with E-state index in [0.29, 0.717) is 10.7 Å². The average Bonchev–Trinajstić information content (AvgIpc) is 2.64. The maximum absolute atomic E-state index is 13.5. The molecule has 0 amide bonds. The fraction of sp³-hybridized carbons (Fsp3) is 0.182. The van der Waals surface area contributed by atoms with Crippen molar-refractivity contribution in [2.24, 2.45) is 0 Å². The SMILES string of the molecule is CC(Sc1cnc(N)s1)c1ccccc1F. The molecular formula is C11H11FN2S2. The third kappa shape index (κ3) is 2.54. The fourth-order valence-corrected chi connectivity index (χ4v) is 3.45. The largest absolute Gasteiger partial charge is 0.375 e. The predicted octanol–water partition coefficient (Wildman–Crippen LogP) is 3.72. The van der Waals surface area contributed by atoms with E-state index in [0.717, 1.165) is 4.21 Å². The van der Waals surface area contributed by atoms with E-state index in [1.807, 2.05) is 13.0 Å². The third-order valence-corrected chi connectivity index (χ3v) is 4.24. The van der Waals surface area contributed by atoms with Crippen molar-refractivity contribution in [1.29, 1.82) is 0 Å². The molecule has 0 radical (unpaired) electrons. The molecule has 2 rings (SSSR count). The Bertz CT molecular complexity index is 484. The molecule has 0 aliphatic carbocycles. The predicted molar refractivity (Wildman–Crippen MR) is 67.2 cm³/mol. The smallest absolute Gasteiger partial charge is 0.181 e. The lowest BCUT2D eigenvalue weighted by Crippen LogP contribution is -1.91. The lowest BCUT2D eigenvalue weighted by atomic mass is 10.1. The van der Waals surface area contributed by atoms with Gasteiger partial charge in [-0.15, -0.1) is 11.8 Å². The number of thiazole rings is 1. The van der Waals surface area contributed by atoms with Gasteiger partial charge in [0.15, 0.2) is 5.13 Å². The molecule has 0 aliphatic heterocycles. The Labute approximate surface area is 102 Å². The number of aromatic nitrogens is 1. The Morgan fingerprint density at radius 2 is 2.19 bits per heavy atom. The molecule has 5 heteroatoms. The molecule has 2 nitrogen and oxygen atoms in total. The maximum Gasteiger partial charge on any atom is 0.181 e. The standard InChI is InChI=1S/C11H11FN2S2/c1-7(8-4-2-3-5-9(8)12)15-10-6-14-11(13)16-10/h2-7H,1H3,(H2,13,14). The van der Waals surface area contributed by atoms with Gasteiger partial charge in [-0.05, 0) is 13.0 Å². The fourth-order valence-electron chi connectivity index (χ4n) is 1.37. The summed E-state index contributed by atoms with van der Waals surface area (Å²) in [5.41, 5.74) is 6.25. The number of hydrogen-bond acceptors (Lipinski definition) is 4. The van der Waals surface area contributed by atoms with Crippen LogP contribution in [0.25, 0.3) is 0 Å². The number of thioether (sulfide) groups is 1. The first-order valence-corrected chi connectivity index (χ1v) is 6.49. The van der Waals surface area contributed by atoms with Crippen LogP contribution in [-0.4, -0.2) is 4.98 Å². The van der Waals surface area contributed by atoms with Crippen LogP contribution in [0.2, 0.25) is 0 Å². The van der Waals surface area contributed by atoms with Gasteiger partial charge in [-0.25, -0.2) is 9.37 Å². The average molecular weight is 254 g/mol. The van der Waals surface area contributed by atoms with E-state index in [1.165, 1.54) is 17.4 Å². The molecule has 1 heterocycles. The normalized spacial score (nSPS) is 12.6. The molecule has 0 saturated carbocycles. The van der Waals surface area contributed by atoms with Gasteiger partial charge in [-0.1, -0.05) is 29.5 Å². The minimum atomic E-state index is -0.167. The lowest BCUT2D eigenvalue weighted by Gasteiger charge is -2.10. The second-order valence-corrected chi connectivity index (χ2v) is 6.00. The van der Waals surface area contributed by atoms with Crippen LogP contribution in [-0.2, 0) is 0 Å². The quantitative estimate of drug-likeness (QED) is 0.848. The molecule has 1 aromatic heterocycles. The van der Waals surface area contributed by atoms with Crippen molar-refractivity contribution in [2.75, 3.05) is 5.73 Å². The number of rotatable bonds is 3. The number of nitrogens with two attached hydrogens (primary N) is 1. The van der Waals surface area contributed by atoms with Crippen molar-refractivity contribution in [2.45, 2.75) is 16.4 Å². The number of nitrogens with zero attached hydrogens (tertiary/aromatic N) is 1. The molecule has 0 saturated heterocycles. The first kappa shape index (κ1) is 11.4. The van der Waals surface area contributed by atoms with Crippen LogP contribution in [0.1, 0.15) is 17.7 Å². The van der Waals surface area contributed by atoms with Crippen LogP contribution in [0.3, 0.4) is 0 Å². The summed E-state index contributed by atoms with van der Waals surface area (Å²) < 4.78 is 14.5. The van der Waals surface area contributed by atoms with Crippen molar-refractivity contribution in [3.05, 3.63) is 41.8 Å². The highest BCUT2D eigenvalue weighted by atomic mass is 32.2. The van der Waals surface area contributed by atoms with E-state index in [4.69, 9.17) is 5.73 Å². The van der Waals surface area contributed by atoms with Gasteiger partial charge < -0.3 is 5.73 Å². The number of anilines is 1. The zero-order valence-electron chi connectivity index (χ0n) is 8.68. The zero-order chi connectivity index (χ0) is 11.5. The lowest BCUT2D eigenvalue weighted by molar-refractivity contribution is 0.611. The van der Waals surface area contributed by atoms with Crippen LogP contribution in [0.5, 0.6) is 0 Å². The highest BCUT2D eigenvalue weighted by Gasteiger charge is 2.12. The number of hydrogen-bond donors (Lipinski definition) is 1. The van der Waals surface area contributed by atoms with Gasteiger partial charge in [0.25, 0.3) is 0 Å². The Balaban J connectivity index is 2.14. The zero-order valence-corrected chi connectivity index (χ0v) is 10.3. The summed E-state index contributed by atoms with van der Waals surface area (Å²) in [5, 5.41) is 0.601. The van der Waals surface area contributed by atoms with Gasteiger partial charge >= 0.3 is 0 Å². The summed E-state index contributed by atoms with van der Waals surface area (Å²) in [7, 11) is 0. The van der Waals surface area contributed by atoms with E-state index >= 15 is 0 Å². The second-order valence-electron chi connectivity index (χ2n) is 3.30. The Hall–Kier alpha value is -1.07. The molecule has 2 aromatic rings. The molecule has 0 aliphatic rings. The van der Waals surface area contributed by atoms with Crippen LogP contribution in [0.15, 0.2) is 34.7 Å². The monoisotopic (exact) mass is 254 g/mol. The van der Waals surface area contributed by atoms with Crippen molar-refractivity contribution in [3.8, 4) is 0 Å². The van der Waals surface area contributed by atoms with Crippen LogP contribution < -0.4 is 5.73 Å². The Morgan fingerprint density at radius 3 is 2.81 bits per heavy atom. The summed E-state index contributed by atoms with van der Waals surface area (Å²) in [6.45, 7) is 1.97. The van der Waals surface area contributed by atoms with Gasteiger partial charge in [0.1, 0.15) is 5.82 Å². The molecule has 1 unspecified atom stereocenters. The van der Waals surface area contributed by atoms with E-state index in [2.05, 4.69) is 4.98 Å². The minimum absolute atomic E-state index is 0.0565. The topological polar surface area (TPSA) is 38.9 Å². The molecule has 16 heavy (non-hydrogen) atoms. The van der Waals surface area contributed by atoms with Crippen LogP contribution >= 0.6 is 23.1 Å². The number of nitrogen functional groups attached to an aromatic ring is 1.